The summed E-state index contributed by atoms with van der Waals surface area (Å²) in [5.74, 6) is -1.33. The van der Waals surface area contributed by atoms with Crippen LogP contribution in [0.25, 0.3) is 0 Å². The zero-order chi connectivity index (χ0) is 31.1. The number of hydrogen-bond donors (Lipinski definition) is 1. The third-order valence-corrected chi connectivity index (χ3v) is 8.60. The van der Waals surface area contributed by atoms with Crippen molar-refractivity contribution in [1.82, 2.24) is 10.2 Å². The van der Waals surface area contributed by atoms with E-state index in [2.05, 4.69) is 5.32 Å². The number of rotatable bonds is 12. The fraction of sp³-hybridized carbons (Fsp3) is 0.355. The summed E-state index contributed by atoms with van der Waals surface area (Å²) in [5, 5.41) is 2.85. The van der Waals surface area contributed by atoms with E-state index in [1.54, 1.807) is 6.92 Å². The number of hydrogen-bond acceptors (Lipinski definition) is 6. The van der Waals surface area contributed by atoms with Crippen molar-refractivity contribution in [3.63, 3.8) is 0 Å². The predicted molar refractivity (Wildman–Crippen MR) is 157 cm³/mol. The third kappa shape index (κ3) is 7.81. The zero-order valence-electron chi connectivity index (χ0n) is 24.3. The first-order chi connectivity index (χ1) is 20.5. The summed E-state index contributed by atoms with van der Waals surface area (Å²) >= 11 is 0. The lowest BCUT2D eigenvalue weighted by atomic mass is 10.1. The molecule has 0 spiro atoms. The average molecular weight is 616 g/mol. The molecule has 0 saturated heterocycles. The lowest BCUT2D eigenvalue weighted by Gasteiger charge is -2.33. The first-order valence-corrected chi connectivity index (χ1v) is 15.4. The highest BCUT2D eigenvalue weighted by atomic mass is 32.2. The molecule has 9 nitrogen and oxygen atoms in total. The Morgan fingerprint density at radius 1 is 0.907 bits per heavy atom. The molecule has 0 fully saturated rings. The van der Waals surface area contributed by atoms with Crippen molar-refractivity contribution in [1.29, 1.82) is 0 Å². The molecule has 2 amide bonds. The molecule has 1 N–H and O–H groups in total. The topological polar surface area (TPSA) is 105 Å². The molecule has 4 rings (SSSR count). The fourth-order valence-electron chi connectivity index (χ4n) is 4.58. The van der Waals surface area contributed by atoms with Gasteiger partial charge in [0.05, 0.1) is 10.6 Å². The van der Waals surface area contributed by atoms with E-state index in [-0.39, 0.29) is 41.8 Å². The number of carbonyl (C=O) groups excluding carboxylic acids is 2. The number of carbonyl (C=O) groups is 2. The van der Waals surface area contributed by atoms with Crippen LogP contribution in [-0.2, 0) is 26.2 Å². The van der Waals surface area contributed by atoms with E-state index in [4.69, 9.17) is 9.47 Å². The van der Waals surface area contributed by atoms with Crippen LogP contribution >= 0.6 is 0 Å². The molecule has 0 unspecified atom stereocenters. The van der Waals surface area contributed by atoms with Crippen LogP contribution < -0.4 is 19.1 Å². The Kier molecular flexibility index (Phi) is 10.2. The van der Waals surface area contributed by atoms with Crippen LogP contribution in [0.3, 0.4) is 0 Å². The number of halogens is 2. The maximum absolute atomic E-state index is 14.1. The minimum atomic E-state index is -4.40. The highest BCUT2D eigenvalue weighted by Crippen LogP contribution is 2.34. The van der Waals surface area contributed by atoms with E-state index in [1.165, 1.54) is 59.5 Å². The second-order valence-electron chi connectivity index (χ2n) is 10.5. The molecule has 43 heavy (non-hydrogen) atoms. The van der Waals surface area contributed by atoms with Crippen molar-refractivity contribution in [3.05, 3.63) is 83.9 Å². The molecule has 3 aromatic carbocycles. The monoisotopic (exact) mass is 615 g/mol. The molecule has 0 aliphatic carbocycles. The fourth-order valence-corrected chi connectivity index (χ4v) is 6.01. The smallest absolute Gasteiger partial charge is 0.264 e. The number of sulfonamides is 1. The molecular formula is C31H35F2N3O6S. The van der Waals surface area contributed by atoms with E-state index in [9.17, 15) is 26.8 Å². The molecule has 1 aliphatic heterocycles. The molecule has 3 aromatic rings. The van der Waals surface area contributed by atoms with Crippen LogP contribution in [0.5, 0.6) is 11.5 Å². The van der Waals surface area contributed by atoms with Gasteiger partial charge >= 0.3 is 0 Å². The van der Waals surface area contributed by atoms with Crippen LogP contribution in [0.2, 0.25) is 0 Å². The van der Waals surface area contributed by atoms with Gasteiger partial charge in [0.2, 0.25) is 11.8 Å². The maximum Gasteiger partial charge on any atom is 0.264 e. The molecule has 0 bridgehead atoms. The number of amides is 2. The Hall–Kier alpha value is -4.19. The number of benzene rings is 3. The molecule has 0 aromatic heterocycles. The second kappa shape index (κ2) is 13.9. The van der Waals surface area contributed by atoms with Gasteiger partial charge in [-0.3, -0.25) is 13.9 Å². The standard InChI is InChI=1S/C31H35F2N3O6S/c1-4-27(31(38)34-18-21(2)3)35(19-22-5-7-23(32)8-6-22)30(37)20-36(25-11-9-24(33)10-12-25)43(39,40)26-13-14-28-29(17-26)42-16-15-41-28/h5-14,17,21,27H,4,15-16,18-20H2,1-3H3,(H,34,38)/t27-/m0/s1. The quantitative estimate of drug-likeness (QED) is 0.322. The summed E-state index contributed by atoms with van der Waals surface area (Å²) in [7, 11) is -4.40. The van der Waals surface area contributed by atoms with E-state index in [0.29, 0.717) is 24.5 Å². The number of ether oxygens (including phenoxy) is 2. The summed E-state index contributed by atoms with van der Waals surface area (Å²) in [4.78, 5) is 28.4. The number of fused-ring (bicyclic) bond motifs is 1. The summed E-state index contributed by atoms with van der Waals surface area (Å²) < 4.78 is 67.5. The number of nitrogens with one attached hydrogen (secondary N) is 1. The van der Waals surface area contributed by atoms with E-state index < -0.39 is 46.1 Å². The molecule has 12 heteroatoms. The lowest BCUT2D eigenvalue weighted by molar-refractivity contribution is -0.140. The minimum Gasteiger partial charge on any atom is -0.486 e. The van der Waals surface area contributed by atoms with Crippen molar-refractivity contribution in [2.75, 3.05) is 30.6 Å². The van der Waals surface area contributed by atoms with Crippen LogP contribution in [-0.4, -0.2) is 57.5 Å². The maximum atomic E-state index is 14.1. The van der Waals surface area contributed by atoms with E-state index in [0.717, 1.165) is 16.4 Å². The van der Waals surface area contributed by atoms with Gasteiger partial charge in [0, 0.05) is 19.2 Å². The van der Waals surface area contributed by atoms with Crippen LogP contribution in [0.15, 0.2) is 71.6 Å². The van der Waals surface area contributed by atoms with Gasteiger partial charge in [0.25, 0.3) is 10.0 Å². The van der Waals surface area contributed by atoms with Crippen LogP contribution in [0.1, 0.15) is 32.8 Å². The Morgan fingerprint density at radius 3 is 2.12 bits per heavy atom. The van der Waals surface area contributed by atoms with Gasteiger partial charge in [0.15, 0.2) is 11.5 Å². The summed E-state index contributed by atoms with van der Waals surface area (Å²) in [6.45, 7) is 5.79. The van der Waals surface area contributed by atoms with E-state index in [1.807, 2.05) is 13.8 Å². The Balaban J connectivity index is 1.73. The highest BCUT2D eigenvalue weighted by molar-refractivity contribution is 7.92. The van der Waals surface area contributed by atoms with Gasteiger partial charge in [-0.25, -0.2) is 17.2 Å². The van der Waals surface area contributed by atoms with Crippen molar-refractivity contribution < 1.29 is 36.3 Å². The second-order valence-corrected chi connectivity index (χ2v) is 12.4. The SMILES string of the molecule is CC[C@@H](C(=O)NCC(C)C)N(Cc1ccc(F)cc1)C(=O)CN(c1ccc(F)cc1)S(=O)(=O)c1ccc2c(c1)OCCO2. The molecule has 230 valence electrons. The first kappa shape index (κ1) is 31.7. The third-order valence-electron chi connectivity index (χ3n) is 6.83. The molecule has 1 heterocycles. The predicted octanol–water partition coefficient (Wildman–Crippen LogP) is 4.51. The highest BCUT2D eigenvalue weighted by Gasteiger charge is 2.34. The molecule has 0 radical (unpaired) electrons. The van der Waals surface area contributed by atoms with Crippen molar-refractivity contribution >= 4 is 27.5 Å². The molecule has 1 atom stereocenters. The van der Waals surface area contributed by atoms with Gasteiger partial charge in [-0.05, 0) is 66.4 Å². The van der Waals surface area contributed by atoms with Gasteiger partial charge in [-0.15, -0.1) is 0 Å². The number of anilines is 1. The number of nitrogens with zero attached hydrogens (tertiary/aromatic N) is 2. The van der Waals surface area contributed by atoms with Crippen molar-refractivity contribution in [2.45, 2.75) is 44.7 Å². The molecule has 0 saturated carbocycles. The Labute approximate surface area is 250 Å². The largest absolute Gasteiger partial charge is 0.486 e. The first-order valence-electron chi connectivity index (χ1n) is 14.0. The average Bonchev–Trinajstić information content (AvgIpc) is 2.99. The molecular weight excluding hydrogens is 580 g/mol. The van der Waals surface area contributed by atoms with Crippen LogP contribution in [0.4, 0.5) is 14.5 Å². The van der Waals surface area contributed by atoms with Crippen LogP contribution in [0, 0.1) is 17.6 Å². The minimum absolute atomic E-state index is 0.0451. The Bertz CT molecular complexity index is 1530. The van der Waals surface area contributed by atoms with E-state index >= 15 is 0 Å². The van der Waals surface area contributed by atoms with Crippen molar-refractivity contribution in [3.8, 4) is 11.5 Å². The summed E-state index contributed by atoms with van der Waals surface area (Å²) in [5.41, 5.74) is 0.594. The lowest BCUT2D eigenvalue weighted by Crippen LogP contribution is -2.52. The normalized spacial score (nSPS) is 13.3. The summed E-state index contributed by atoms with van der Waals surface area (Å²) in [6, 6.07) is 13.4. The van der Waals surface area contributed by atoms with Gasteiger partial charge in [-0.1, -0.05) is 32.9 Å². The van der Waals surface area contributed by atoms with Gasteiger partial charge in [-0.2, -0.15) is 0 Å². The Morgan fingerprint density at radius 2 is 1.51 bits per heavy atom. The molecule has 1 aliphatic rings. The van der Waals surface area contributed by atoms with Gasteiger partial charge < -0.3 is 19.7 Å². The summed E-state index contributed by atoms with van der Waals surface area (Å²) in [6.07, 6.45) is 0.238. The zero-order valence-corrected chi connectivity index (χ0v) is 25.1. The van der Waals surface area contributed by atoms with Crippen molar-refractivity contribution in [2.24, 2.45) is 5.92 Å². The van der Waals surface area contributed by atoms with Gasteiger partial charge in [0.1, 0.15) is 37.4 Å².